The number of hydrogen-bond donors (Lipinski definition) is 0. The Kier molecular flexibility index (Phi) is 6.90. The fourth-order valence-electron chi connectivity index (χ4n) is 11.2. The van der Waals surface area contributed by atoms with Crippen LogP contribution in [0.15, 0.2) is 89.8 Å². The topological polar surface area (TPSA) is 0 Å². The summed E-state index contributed by atoms with van der Waals surface area (Å²) in [6.07, 6.45) is 4.51. The van der Waals surface area contributed by atoms with E-state index in [1.165, 1.54) is 101 Å². The normalized spacial score (nSPS) is 17.3. The monoisotopic (exact) mass is 852 g/mol. The summed E-state index contributed by atoms with van der Waals surface area (Å²) < 4.78 is 6.04. The summed E-state index contributed by atoms with van der Waals surface area (Å²) in [6, 6.07) is 33.2. The molecule has 58 heavy (non-hydrogen) atoms. The lowest BCUT2D eigenvalue weighted by Gasteiger charge is -2.10. The van der Waals surface area contributed by atoms with Crippen molar-refractivity contribution in [3.05, 3.63) is 154 Å². The van der Waals surface area contributed by atoms with Crippen LogP contribution < -0.4 is 0 Å². The molecule has 5 aromatic heterocycles. The maximum Gasteiger partial charge on any atom is 0.0428 e. The number of thioether (sulfide) groups is 1. The van der Waals surface area contributed by atoms with Crippen LogP contribution in [0.25, 0.3) is 73.0 Å². The van der Waals surface area contributed by atoms with E-state index in [1.807, 2.05) is 45.3 Å². The first-order valence-corrected chi connectivity index (χ1v) is 25.3. The smallest absolute Gasteiger partial charge is 0.0428 e. The maximum atomic E-state index is 2.50. The number of thiophene rings is 5. The van der Waals surface area contributed by atoms with Crippen molar-refractivity contribution in [2.24, 2.45) is 0 Å². The second kappa shape index (κ2) is 11.8. The van der Waals surface area contributed by atoms with Gasteiger partial charge in [0, 0.05) is 83.4 Å². The molecule has 0 spiro atoms. The Morgan fingerprint density at radius 2 is 0.897 bits per heavy atom. The molecule has 6 heteroatoms. The van der Waals surface area contributed by atoms with Gasteiger partial charge in [0.2, 0.25) is 0 Å². The lowest BCUT2D eigenvalue weighted by atomic mass is 9.98. The minimum Gasteiger partial charge on any atom is -0.140 e. The summed E-state index contributed by atoms with van der Waals surface area (Å²) in [6.45, 7) is 8.92. The zero-order valence-electron chi connectivity index (χ0n) is 32.5. The highest BCUT2D eigenvalue weighted by Crippen LogP contribution is 2.67. The van der Waals surface area contributed by atoms with Gasteiger partial charge in [0.25, 0.3) is 0 Å². The van der Waals surface area contributed by atoms with Gasteiger partial charge in [0.05, 0.1) is 0 Å². The Morgan fingerprint density at radius 1 is 0.431 bits per heavy atom. The van der Waals surface area contributed by atoms with Gasteiger partial charge in [0.1, 0.15) is 0 Å². The first-order chi connectivity index (χ1) is 28.3. The molecule has 10 aromatic rings. The molecule has 0 saturated heterocycles. The van der Waals surface area contributed by atoms with E-state index in [0.717, 1.165) is 19.3 Å². The molecule has 1 aliphatic heterocycles. The second-order valence-corrected chi connectivity index (χ2v) is 24.4. The number of fused-ring (bicyclic) bond motifs is 23. The van der Waals surface area contributed by atoms with Crippen LogP contribution in [0, 0.1) is 27.7 Å². The average molecular weight is 853 g/mol. The lowest BCUT2D eigenvalue weighted by molar-refractivity contribution is 0.752. The van der Waals surface area contributed by atoms with E-state index in [-0.39, 0.29) is 0 Å². The van der Waals surface area contributed by atoms with Crippen LogP contribution in [0.3, 0.4) is 0 Å². The largest absolute Gasteiger partial charge is 0.140 e. The number of rotatable bonds is 0. The van der Waals surface area contributed by atoms with E-state index in [0.29, 0.717) is 11.2 Å². The predicted molar refractivity (Wildman–Crippen MR) is 257 cm³/mol. The van der Waals surface area contributed by atoms with Crippen molar-refractivity contribution in [3.63, 3.8) is 0 Å². The number of aryl methyl sites for hydroxylation is 4. The molecule has 2 atom stereocenters. The third-order valence-corrected chi connectivity index (χ3v) is 21.2. The summed E-state index contributed by atoms with van der Waals surface area (Å²) >= 11 is 12.2. The predicted octanol–water partition coefficient (Wildman–Crippen LogP) is 16.7. The zero-order chi connectivity index (χ0) is 38.3. The molecule has 0 radical (unpaired) electrons. The van der Waals surface area contributed by atoms with Crippen molar-refractivity contribution in [2.75, 3.05) is 0 Å². The quantitative estimate of drug-likeness (QED) is 0.146. The zero-order valence-corrected chi connectivity index (χ0v) is 37.4. The third-order valence-electron chi connectivity index (χ3n) is 13.6. The van der Waals surface area contributed by atoms with E-state index in [1.54, 1.807) is 52.7 Å². The van der Waals surface area contributed by atoms with Gasteiger partial charge in [-0.05, 0) is 164 Å². The van der Waals surface area contributed by atoms with Crippen LogP contribution >= 0.6 is 68.4 Å². The molecule has 280 valence electrons. The highest BCUT2D eigenvalue weighted by atomic mass is 32.2. The summed E-state index contributed by atoms with van der Waals surface area (Å²) in [7, 11) is 0. The number of hydrogen-bond acceptors (Lipinski definition) is 6. The summed E-state index contributed by atoms with van der Waals surface area (Å²) in [5.74, 6) is 0.680. The Bertz CT molecular complexity index is 3380. The Labute approximate surface area is 361 Å². The average Bonchev–Trinajstić information content (AvgIpc) is 4.04. The molecular weight excluding hydrogens is 817 g/mol. The highest BCUT2D eigenvalue weighted by Gasteiger charge is 2.45. The van der Waals surface area contributed by atoms with Gasteiger partial charge in [-0.3, -0.25) is 0 Å². The second-order valence-electron chi connectivity index (χ2n) is 17.2. The van der Waals surface area contributed by atoms with Crippen LogP contribution in [-0.2, 0) is 25.7 Å². The molecule has 0 amide bonds. The molecule has 6 heterocycles. The molecule has 0 saturated carbocycles. The first kappa shape index (κ1) is 33.8. The van der Waals surface area contributed by atoms with Crippen LogP contribution in [-0.4, -0.2) is 0 Å². The van der Waals surface area contributed by atoms with Crippen molar-refractivity contribution in [1.29, 1.82) is 0 Å². The van der Waals surface area contributed by atoms with Crippen LogP contribution in [0.2, 0.25) is 0 Å². The van der Waals surface area contributed by atoms with E-state index in [2.05, 4.69) is 136 Å². The lowest BCUT2D eigenvalue weighted by Crippen LogP contribution is -1.94. The molecule has 5 aliphatic rings. The standard InChI is InChI=1S/C26H18S4.C26H18S2/c1-11-7-13-3-5-15-17(21(13)27-11)9-19-23(15)29-26-20-10-18-16(24(20)30-25(19)26)6-4-14-8-12(2)28-22(14)18;1-13-7-15-3-5-19-21-10-18-12-24-20(6-4-16-8-14(2)28-26(16)24)22(18)9-17(21)11-23(19)25(15)27-13/h3-8,19,23H,9-10H2,1-2H3;3-10H,11-12H2,1-2H3. The number of benzene rings is 5. The fourth-order valence-corrected chi connectivity index (χ4v) is 18.9. The highest BCUT2D eigenvalue weighted by molar-refractivity contribution is 8.00. The van der Waals surface area contributed by atoms with Crippen LogP contribution in [0.4, 0.5) is 0 Å². The maximum absolute atomic E-state index is 2.50. The molecule has 0 N–H and O–H groups in total. The molecule has 4 aliphatic carbocycles. The van der Waals surface area contributed by atoms with E-state index in [4.69, 9.17) is 0 Å². The van der Waals surface area contributed by atoms with E-state index < -0.39 is 0 Å². The molecular formula is C52H36S6. The molecule has 0 fully saturated rings. The summed E-state index contributed by atoms with van der Waals surface area (Å²) in [4.78, 5) is 10.6. The SMILES string of the molecule is Cc1cc2ccc3c(c2s1)Cc1c-3sc2c1SC1c3ccc4cc(C)sc4c3CC21.Cc1cc2ccc3c(c2s1)Cc1cc2c(cc1-3)Cc1c-2ccc2cc(C)sc12. The van der Waals surface area contributed by atoms with Gasteiger partial charge in [0.15, 0.2) is 0 Å². The van der Waals surface area contributed by atoms with Gasteiger partial charge >= 0.3 is 0 Å². The van der Waals surface area contributed by atoms with Crippen molar-refractivity contribution in [2.45, 2.75) is 69.4 Å². The Balaban J connectivity index is 0.000000116. The van der Waals surface area contributed by atoms with Crippen molar-refractivity contribution < 1.29 is 0 Å². The minimum absolute atomic E-state index is 0.631. The van der Waals surface area contributed by atoms with Crippen LogP contribution in [0.1, 0.15) is 80.1 Å². The van der Waals surface area contributed by atoms with Gasteiger partial charge in [-0.1, -0.05) is 48.5 Å². The minimum atomic E-state index is 0.631. The van der Waals surface area contributed by atoms with Crippen molar-refractivity contribution in [1.82, 2.24) is 0 Å². The van der Waals surface area contributed by atoms with Gasteiger partial charge in [-0.15, -0.1) is 68.4 Å². The molecule has 0 nitrogen and oxygen atoms in total. The van der Waals surface area contributed by atoms with Crippen molar-refractivity contribution >= 4 is 109 Å². The molecule has 5 aromatic carbocycles. The van der Waals surface area contributed by atoms with Gasteiger partial charge < -0.3 is 0 Å². The Hall–Kier alpha value is -4.01. The fraction of sp³-hybridized carbons (Fsp3) is 0.192. The summed E-state index contributed by atoms with van der Waals surface area (Å²) in [5.41, 5.74) is 19.9. The first-order valence-electron chi connectivity index (χ1n) is 20.4. The van der Waals surface area contributed by atoms with E-state index >= 15 is 0 Å². The Morgan fingerprint density at radius 3 is 1.43 bits per heavy atom. The van der Waals surface area contributed by atoms with Crippen LogP contribution in [0.5, 0.6) is 0 Å². The molecule has 0 bridgehead atoms. The molecule has 2 unspecified atom stereocenters. The van der Waals surface area contributed by atoms with Crippen molar-refractivity contribution in [3.8, 4) is 32.7 Å². The molecule has 15 rings (SSSR count). The summed E-state index contributed by atoms with van der Waals surface area (Å²) in [5, 5.41) is 6.31. The van der Waals surface area contributed by atoms with E-state index in [9.17, 15) is 0 Å². The van der Waals surface area contributed by atoms with Gasteiger partial charge in [-0.2, -0.15) is 0 Å². The third kappa shape index (κ3) is 4.57. The van der Waals surface area contributed by atoms with Gasteiger partial charge in [-0.25, -0.2) is 0 Å².